The Morgan fingerprint density at radius 2 is 2.07 bits per heavy atom. The summed E-state index contributed by atoms with van der Waals surface area (Å²) in [6, 6.07) is 8.01. The summed E-state index contributed by atoms with van der Waals surface area (Å²) in [5.41, 5.74) is 8.79. The van der Waals surface area contributed by atoms with E-state index in [2.05, 4.69) is 22.0 Å². The van der Waals surface area contributed by atoms with Crippen molar-refractivity contribution in [1.29, 1.82) is 0 Å². The topological polar surface area (TPSA) is 26.0 Å². The zero-order valence-corrected chi connectivity index (χ0v) is 11.2. The van der Waals surface area contributed by atoms with E-state index < -0.39 is 0 Å². The first kappa shape index (κ1) is 11.0. The van der Waals surface area contributed by atoms with E-state index in [0.29, 0.717) is 0 Å². The summed E-state index contributed by atoms with van der Waals surface area (Å²) in [5.74, 6) is 0. The second-order valence-corrected chi connectivity index (χ2v) is 5.81. The normalized spacial score (nSPS) is 10.6. The average molecular weight is 303 g/mol. The molecule has 2 aromatic rings. The quantitative estimate of drug-likeness (QED) is 0.758. The van der Waals surface area contributed by atoms with Crippen LogP contribution in [0.3, 0.4) is 0 Å². The Morgan fingerprint density at radius 1 is 1.33 bits per heavy atom. The minimum atomic E-state index is 0.745. The monoisotopic (exact) mass is 301 g/mol. The zero-order chi connectivity index (χ0) is 11.0. The smallest absolute Gasteiger partial charge is 0.0963 e. The van der Waals surface area contributed by atoms with Gasteiger partial charge in [0.05, 0.1) is 4.34 Å². The second-order valence-electron chi connectivity index (χ2n) is 3.30. The first-order chi connectivity index (χ1) is 7.08. The van der Waals surface area contributed by atoms with Gasteiger partial charge >= 0.3 is 0 Å². The summed E-state index contributed by atoms with van der Waals surface area (Å²) in [6.07, 6.45) is 0. The maximum Gasteiger partial charge on any atom is 0.0963 e. The number of nitrogens with two attached hydrogens (primary N) is 1. The Balaban J connectivity index is 2.49. The second kappa shape index (κ2) is 4.16. The maximum absolute atomic E-state index is 6.03. The highest BCUT2D eigenvalue weighted by atomic mass is 79.9. The van der Waals surface area contributed by atoms with Crippen LogP contribution < -0.4 is 5.73 Å². The van der Waals surface area contributed by atoms with Gasteiger partial charge in [0.1, 0.15) is 0 Å². The first-order valence-electron chi connectivity index (χ1n) is 4.39. The van der Waals surface area contributed by atoms with Gasteiger partial charge in [0.2, 0.25) is 0 Å². The zero-order valence-electron chi connectivity index (χ0n) is 8.05. The highest BCUT2D eigenvalue weighted by Crippen LogP contribution is 2.36. The van der Waals surface area contributed by atoms with E-state index in [1.165, 1.54) is 0 Å². The van der Waals surface area contributed by atoms with E-state index in [1.54, 1.807) is 11.3 Å². The molecule has 78 valence electrons. The summed E-state index contributed by atoms with van der Waals surface area (Å²) in [4.78, 5) is 1.15. The lowest BCUT2D eigenvalue weighted by Gasteiger charge is -2.01. The van der Waals surface area contributed by atoms with Crippen molar-refractivity contribution in [1.82, 2.24) is 0 Å². The summed E-state index contributed by atoms with van der Waals surface area (Å²) in [5, 5.41) is 0. The number of anilines is 1. The molecule has 1 aromatic heterocycles. The molecule has 0 aliphatic rings. The Kier molecular flexibility index (Phi) is 3.05. The molecule has 1 heterocycles. The molecule has 0 bridgehead atoms. The van der Waals surface area contributed by atoms with Crippen LogP contribution in [0.15, 0.2) is 28.7 Å². The third-order valence-electron chi connectivity index (χ3n) is 2.14. The number of hydrogen-bond acceptors (Lipinski definition) is 2. The number of benzene rings is 1. The van der Waals surface area contributed by atoms with Crippen molar-refractivity contribution >= 4 is 44.6 Å². The van der Waals surface area contributed by atoms with Crippen molar-refractivity contribution < 1.29 is 0 Å². The Labute approximate surface area is 106 Å². The third kappa shape index (κ3) is 2.19. The third-order valence-corrected chi connectivity index (χ3v) is 4.46. The molecule has 1 nitrogen and oxygen atoms in total. The largest absolute Gasteiger partial charge is 0.398 e. The van der Waals surface area contributed by atoms with Gasteiger partial charge in [-0.2, -0.15) is 0 Å². The van der Waals surface area contributed by atoms with Crippen LogP contribution in [0.2, 0.25) is 4.34 Å². The predicted molar refractivity (Wildman–Crippen MR) is 71.6 cm³/mol. The predicted octanol–water partition coefficient (Wildman–Crippen LogP) is 4.72. The van der Waals surface area contributed by atoms with Crippen LogP contribution >= 0.6 is 38.9 Å². The molecule has 0 aliphatic carbocycles. The van der Waals surface area contributed by atoms with Crippen molar-refractivity contribution in [2.45, 2.75) is 6.92 Å². The maximum atomic E-state index is 6.03. The van der Waals surface area contributed by atoms with E-state index >= 15 is 0 Å². The molecule has 2 N–H and O–H groups in total. The standard InChI is InChI=1S/C11H9BrClNS/c1-6-4-10(15-11(6)13)7-2-3-8(12)9(14)5-7/h2-5H,14H2,1H3. The van der Waals surface area contributed by atoms with E-state index in [4.69, 9.17) is 17.3 Å². The van der Waals surface area contributed by atoms with Gasteiger partial charge in [0.15, 0.2) is 0 Å². The van der Waals surface area contributed by atoms with Crippen LogP contribution in [0.1, 0.15) is 5.56 Å². The van der Waals surface area contributed by atoms with Gasteiger partial charge < -0.3 is 5.73 Å². The van der Waals surface area contributed by atoms with Gasteiger partial charge in [-0.1, -0.05) is 17.7 Å². The van der Waals surface area contributed by atoms with Crippen molar-refractivity contribution in [2.75, 3.05) is 5.73 Å². The van der Waals surface area contributed by atoms with Crippen LogP contribution in [0.4, 0.5) is 5.69 Å². The van der Waals surface area contributed by atoms with Crippen molar-refractivity contribution in [3.8, 4) is 10.4 Å². The lowest BCUT2D eigenvalue weighted by atomic mass is 10.1. The number of halogens is 2. The molecular formula is C11H9BrClNS. The van der Waals surface area contributed by atoms with Gasteiger partial charge in [-0.25, -0.2) is 0 Å². The first-order valence-corrected chi connectivity index (χ1v) is 6.38. The Bertz CT molecular complexity index is 488. The number of nitrogen functional groups attached to an aromatic ring is 1. The highest BCUT2D eigenvalue weighted by molar-refractivity contribution is 9.10. The molecule has 0 fully saturated rings. The SMILES string of the molecule is Cc1cc(-c2ccc(Br)c(N)c2)sc1Cl. The fraction of sp³-hybridized carbons (Fsp3) is 0.0909. The van der Waals surface area contributed by atoms with Gasteiger partial charge in [0, 0.05) is 15.0 Å². The molecule has 4 heteroatoms. The van der Waals surface area contributed by atoms with Crippen LogP contribution in [0, 0.1) is 6.92 Å². The minimum absolute atomic E-state index is 0.745. The number of rotatable bonds is 1. The fourth-order valence-electron chi connectivity index (χ4n) is 1.30. The summed E-state index contributed by atoms with van der Waals surface area (Å²) in [7, 11) is 0. The molecule has 0 aliphatic heterocycles. The molecule has 0 saturated carbocycles. The molecule has 0 unspecified atom stereocenters. The Morgan fingerprint density at radius 3 is 2.60 bits per heavy atom. The highest BCUT2D eigenvalue weighted by Gasteiger charge is 2.06. The van der Waals surface area contributed by atoms with Gasteiger partial charge in [-0.15, -0.1) is 11.3 Å². The summed E-state index contributed by atoms with van der Waals surface area (Å²) >= 11 is 11.0. The number of thiophene rings is 1. The summed E-state index contributed by atoms with van der Waals surface area (Å²) < 4.78 is 1.76. The van der Waals surface area contributed by atoms with Crippen LogP contribution in [-0.2, 0) is 0 Å². The molecule has 0 atom stereocenters. The average Bonchev–Trinajstić information content (AvgIpc) is 2.52. The molecule has 15 heavy (non-hydrogen) atoms. The van der Waals surface area contributed by atoms with Crippen molar-refractivity contribution in [3.63, 3.8) is 0 Å². The fourth-order valence-corrected chi connectivity index (χ4v) is 2.74. The molecule has 0 amide bonds. The van der Waals surface area contributed by atoms with E-state index in [0.717, 1.165) is 30.5 Å². The molecule has 2 rings (SSSR count). The molecule has 1 aromatic carbocycles. The van der Waals surface area contributed by atoms with Crippen LogP contribution in [0.5, 0.6) is 0 Å². The van der Waals surface area contributed by atoms with Gasteiger partial charge in [-0.3, -0.25) is 0 Å². The van der Waals surface area contributed by atoms with Crippen LogP contribution in [0.25, 0.3) is 10.4 Å². The van der Waals surface area contributed by atoms with E-state index in [9.17, 15) is 0 Å². The lowest BCUT2D eigenvalue weighted by molar-refractivity contribution is 1.55. The van der Waals surface area contributed by atoms with E-state index in [1.807, 2.05) is 25.1 Å². The lowest BCUT2D eigenvalue weighted by Crippen LogP contribution is -1.86. The number of aryl methyl sites for hydroxylation is 1. The molecule has 0 radical (unpaired) electrons. The van der Waals surface area contributed by atoms with Crippen molar-refractivity contribution in [2.24, 2.45) is 0 Å². The molecular weight excluding hydrogens is 294 g/mol. The minimum Gasteiger partial charge on any atom is -0.398 e. The van der Waals surface area contributed by atoms with E-state index in [-0.39, 0.29) is 0 Å². The van der Waals surface area contributed by atoms with Crippen LogP contribution in [-0.4, -0.2) is 0 Å². The van der Waals surface area contributed by atoms with Crippen molar-refractivity contribution in [3.05, 3.63) is 38.6 Å². The number of hydrogen-bond donors (Lipinski definition) is 1. The molecule has 0 spiro atoms. The summed E-state index contributed by atoms with van der Waals surface area (Å²) in [6.45, 7) is 2.00. The molecule has 0 saturated heterocycles. The van der Waals surface area contributed by atoms with Gasteiger partial charge in [-0.05, 0) is 52.2 Å². The van der Waals surface area contributed by atoms with Gasteiger partial charge in [0.25, 0.3) is 0 Å². The Hall–Kier alpha value is -0.510.